The molecule has 3 heteroatoms. The van der Waals surface area contributed by atoms with Crippen molar-refractivity contribution in [3.8, 4) is 5.75 Å². The standard InChI is InChI=1S/C11H16N2O/c1-14-11-4-2-3-9(7-11)13-10-5-6-12-8-10/h2-4,7,10,12-13H,5-6,8H2,1H3/t10-/m1/s1. The molecule has 76 valence electrons. The van der Waals surface area contributed by atoms with Crippen LogP contribution in [0.2, 0.25) is 0 Å². The second kappa shape index (κ2) is 4.33. The molecule has 1 aliphatic heterocycles. The van der Waals surface area contributed by atoms with Gasteiger partial charge < -0.3 is 15.4 Å². The summed E-state index contributed by atoms with van der Waals surface area (Å²) < 4.78 is 5.16. The van der Waals surface area contributed by atoms with E-state index in [1.807, 2.05) is 18.2 Å². The van der Waals surface area contributed by atoms with Crippen molar-refractivity contribution in [3.05, 3.63) is 24.3 Å². The van der Waals surface area contributed by atoms with Crippen LogP contribution < -0.4 is 15.4 Å². The Morgan fingerprint density at radius 2 is 2.43 bits per heavy atom. The van der Waals surface area contributed by atoms with E-state index in [2.05, 4.69) is 16.7 Å². The number of anilines is 1. The van der Waals surface area contributed by atoms with E-state index in [4.69, 9.17) is 4.74 Å². The number of ether oxygens (including phenoxy) is 1. The molecular weight excluding hydrogens is 176 g/mol. The maximum atomic E-state index is 5.16. The molecule has 1 aromatic rings. The molecule has 0 radical (unpaired) electrons. The molecule has 0 spiro atoms. The SMILES string of the molecule is COc1cccc(N[C@@H]2CCNC2)c1. The van der Waals surface area contributed by atoms with Gasteiger partial charge in [-0.3, -0.25) is 0 Å². The normalized spacial score (nSPS) is 20.8. The van der Waals surface area contributed by atoms with E-state index >= 15 is 0 Å². The molecule has 0 unspecified atom stereocenters. The first-order valence-corrected chi connectivity index (χ1v) is 5.00. The molecular formula is C11H16N2O. The fourth-order valence-electron chi connectivity index (χ4n) is 1.73. The van der Waals surface area contributed by atoms with Crippen LogP contribution >= 0.6 is 0 Å². The van der Waals surface area contributed by atoms with E-state index in [0.717, 1.165) is 24.5 Å². The second-order valence-electron chi connectivity index (χ2n) is 3.57. The molecule has 0 amide bonds. The summed E-state index contributed by atoms with van der Waals surface area (Å²) in [6, 6.07) is 8.61. The van der Waals surface area contributed by atoms with Crippen LogP contribution in [0.25, 0.3) is 0 Å². The fourth-order valence-corrected chi connectivity index (χ4v) is 1.73. The van der Waals surface area contributed by atoms with Crippen LogP contribution in [0.3, 0.4) is 0 Å². The Bertz CT molecular complexity index is 295. The first-order valence-electron chi connectivity index (χ1n) is 5.00. The maximum Gasteiger partial charge on any atom is 0.120 e. The molecule has 1 aliphatic rings. The maximum absolute atomic E-state index is 5.16. The number of rotatable bonds is 3. The highest BCUT2D eigenvalue weighted by Crippen LogP contribution is 2.18. The first-order chi connectivity index (χ1) is 6.88. The summed E-state index contributed by atoms with van der Waals surface area (Å²) in [5.41, 5.74) is 1.14. The van der Waals surface area contributed by atoms with Crippen molar-refractivity contribution < 1.29 is 4.74 Å². The van der Waals surface area contributed by atoms with Crippen LogP contribution in [-0.2, 0) is 0 Å². The van der Waals surface area contributed by atoms with Crippen molar-refractivity contribution >= 4 is 5.69 Å². The molecule has 1 fully saturated rings. The predicted octanol–water partition coefficient (Wildman–Crippen LogP) is 1.47. The van der Waals surface area contributed by atoms with Crippen molar-refractivity contribution in [2.45, 2.75) is 12.5 Å². The largest absolute Gasteiger partial charge is 0.497 e. The molecule has 2 rings (SSSR count). The van der Waals surface area contributed by atoms with Gasteiger partial charge in [-0.05, 0) is 25.1 Å². The Balaban J connectivity index is 2.00. The van der Waals surface area contributed by atoms with Crippen molar-refractivity contribution in [1.82, 2.24) is 5.32 Å². The van der Waals surface area contributed by atoms with Crippen molar-refractivity contribution in [1.29, 1.82) is 0 Å². The molecule has 0 bridgehead atoms. The smallest absolute Gasteiger partial charge is 0.120 e. The van der Waals surface area contributed by atoms with Crippen molar-refractivity contribution in [3.63, 3.8) is 0 Å². The lowest BCUT2D eigenvalue weighted by Crippen LogP contribution is -2.21. The number of methoxy groups -OCH3 is 1. The lowest BCUT2D eigenvalue weighted by atomic mass is 10.2. The van der Waals surface area contributed by atoms with Gasteiger partial charge in [-0.15, -0.1) is 0 Å². The lowest BCUT2D eigenvalue weighted by molar-refractivity contribution is 0.415. The second-order valence-corrected chi connectivity index (χ2v) is 3.57. The quantitative estimate of drug-likeness (QED) is 0.761. The monoisotopic (exact) mass is 192 g/mol. The van der Waals surface area contributed by atoms with Gasteiger partial charge in [-0.2, -0.15) is 0 Å². The van der Waals surface area contributed by atoms with Gasteiger partial charge in [-0.25, -0.2) is 0 Å². The molecule has 1 atom stereocenters. The van der Waals surface area contributed by atoms with Gasteiger partial charge in [0.05, 0.1) is 7.11 Å². The van der Waals surface area contributed by atoms with E-state index in [-0.39, 0.29) is 0 Å². The van der Waals surface area contributed by atoms with Crippen LogP contribution in [0, 0.1) is 0 Å². The van der Waals surface area contributed by atoms with Crippen molar-refractivity contribution in [2.75, 3.05) is 25.5 Å². The minimum absolute atomic E-state index is 0.558. The topological polar surface area (TPSA) is 33.3 Å². The molecule has 0 aromatic heterocycles. The summed E-state index contributed by atoms with van der Waals surface area (Å²) in [7, 11) is 1.69. The Hall–Kier alpha value is -1.22. The van der Waals surface area contributed by atoms with Crippen molar-refractivity contribution in [2.24, 2.45) is 0 Å². The van der Waals surface area contributed by atoms with Gasteiger partial charge in [0.2, 0.25) is 0 Å². The third-order valence-corrected chi connectivity index (χ3v) is 2.50. The van der Waals surface area contributed by atoms with Gasteiger partial charge in [0, 0.05) is 24.3 Å². The highest BCUT2D eigenvalue weighted by molar-refractivity contribution is 5.49. The summed E-state index contributed by atoms with van der Waals surface area (Å²) in [6.45, 7) is 2.17. The number of nitrogens with one attached hydrogen (secondary N) is 2. The Morgan fingerprint density at radius 1 is 1.50 bits per heavy atom. The zero-order chi connectivity index (χ0) is 9.80. The first kappa shape index (κ1) is 9.34. The van der Waals surface area contributed by atoms with Gasteiger partial charge >= 0.3 is 0 Å². The van der Waals surface area contributed by atoms with Gasteiger partial charge in [-0.1, -0.05) is 6.07 Å². The van der Waals surface area contributed by atoms with Gasteiger partial charge in [0.15, 0.2) is 0 Å². The van der Waals surface area contributed by atoms with Crippen LogP contribution in [-0.4, -0.2) is 26.2 Å². The number of benzene rings is 1. The molecule has 3 nitrogen and oxygen atoms in total. The molecule has 1 saturated heterocycles. The molecule has 1 aromatic carbocycles. The summed E-state index contributed by atoms with van der Waals surface area (Å²) in [5, 5.41) is 6.80. The number of hydrogen-bond donors (Lipinski definition) is 2. The van der Waals surface area contributed by atoms with Gasteiger partial charge in [0.25, 0.3) is 0 Å². The minimum atomic E-state index is 0.558. The Kier molecular flexibility index (Phi) is 2.89. The zero-order valence-corrected chi connectivity index (χ0v) is 8.42. The summed E-state index contributed by atoms with van der Waals surface area (Å²) in [5.74, 6) is 0.904. The summed E-state index contributed by atoms with van der Waals surface area (Å²) >= 11 is 0. The predicted molar refractivity (Wildman–Crippen MR) is 57.9 cm³/mol. The molecule has 0 saturated carbocycles. The van der Waals surface area contributed by atoms with Crippen LogP contribution in [0.5, 0.6) is 5.75 Å². The molecule has 14 heavy (non-hydrogen) atoms. The zero-order valence-electron chi connectivity index (χ0n) is 8.42. The van der Waals surface area contributed by atoms with E-state index in [9.17, 15) is 0 Å². The average Bonchev–Trinajstić information content (AvgIpc) is 2.71. The Labute approximate surface area is 84.5 Å². The van der Waals surface area contributed by atoms with E-state index in [1.165, 1.54) is 6.42 Å². The van der Waals surface area contributed by atoms with Crippen LogP contribution in [0.4, 0.5) is 5.69 Å². The molecule has 1 heterocycles. The van der Waals surface area contributed by atoms with E-state index in [1.54, 1.807) is 7.11 Å². The van der Waals surface area contributed by atoms with Gasteiger partial charge in [0.1, 0.15) is 5.75 Å². The number of hydrogen-bond acceptors (Lipinski definition) is 3. The summed E-state index contributed by atoms with van der Waals surface area (Å²) in [6.07, 6.45) is 1.19. The third-order valence-electron chi connectivity index (χ3n) is 2.50. The Morgan fingerprint density at radius 3 is 3.14 bits per heavy atom. The summed E-state index contributed by atoms with van der Waals surface area (Å²) in [4.78, 5) is 0. The van der Waals surface area contributed by atoms with E-state index < -0.39 is 0 Å². The van der Waals surface area contributed by atoms with Crippen LogP contribution in [0.15, 0.2) is 24.3 Å². The highest BCUT2D eigenvalue weighted by atomic mass is 16.5. The highest BCUT2D eigenvalue weighted by Gasteiger charge is 2.13. The molecule has 2 N–H and O–H groups in total. The average molecular weight is 192 g/mol. The lowest BCUT2D eigenvalue weighted by Gasteiger charge is -2.13. The minimum Gasteiger partial charge on any atom is -0.497 e. The van der Waals surface area contributed by atoms with E-state index in [0.29, 0.717) is 6.04 Å². The van der Waals surface area contributed by atoms with Crippen LogP contribution in [0.1, 0.15) is 6.42 Å². The third kappa shape index (κ3) is 2.17. The fraction of sp³-hybridized carbons (Fsp3) is 0.455. The molecule has 0 aliphatic carbocycles.